The minimum Gasteiger partial charge on any atom is -0.376 e. The van der Waals surface area contributed by atoms with Crippen LogP contribution in [0, 0.1) is 11.8 Å². The molecule has 1 aromatic heterocycles. The lowest BCUT2D eigenvalue weighted by atomic mass is 9.85. The van der Waals surface area contributed by atoms with Crippen LogP contribution in [0.15, 0.2) is 83.8 Å². The van der Waals surface area contributed by atoms with Crippen LogP contribution in [0.2, 0.25) is 0 Å². The smallest absolute Gasteiger partial charge is 0.269 e. The third-order valence-corrected chi connectivity index (χ3v) is 13.0. The van der Waals surface area contributed by atoms with Gasteiger partial charge in [-0.3, -0.25) is 14.3 Å². The predicted octanol–water partition coefficient (Wildman–Crippen LogP) is 7.37. The van der Waals surface area contributed by atoms with E-state index in [-0.39, 0.29) is 53.0 Å². The maximum atomic E-state index is 14.1. The molecule has 3 saturated carbocycles. The lowest BCUT2D eigenvalue weighted by Gasteiger charge is -2.34. The molecule has 3 aliphatic carbocycles. The zero-order valence-electron chi connectivity index (χ0n) is 31.7. The summed E-state index contributed by atoms with van der Waals surface area (Å²) in [5.74, 6) is -0.0412. The van der Waals surface area contributed by atoms with Crippen molar-refractivity contribution in [1.29, 1.82) is 0 Å². The van der Waals surface area contributed by atoms with Crippen molar-refractivity contribution in [3.8, 4) is 0 Å². The van der Waals surface area contributed by atoms with Gasteiger partial charge >= 0.3 is 0 Å². The molecule has 3 aromatic carbocycles. The molecule has 294 valence electrons. The molecular formula is C43H55N5O6S. The zero-order valence-corrected chi connectivity index (χ0v) is 32.5. The number of fused-ring (bicyclic) bond motifs is 1. The highest BCUT2D eigenvalue weighted by Crippen LogP contribution is 2.29. The second kappa shape index (κ2) is 18.6. The Bertz CT molecular complexity index is 1990. The summed E-state index contributed by atoms with van der Waals surface area (Å²) in [6.07, 6.45) is 13.6. The van der Waals surface area contributed by atoms with Gasteiger partial charge in [-0.2, -0.15) is 5.10 Å². The molecule has 4 aromatic rings. The number of ether oxygens (including phenoxy) is 2. The molecule has 0 bridgehead atoms. The minimum atomic E-state index is -4.10. The Morgan fingerprint density at radius 1 is 0.745 bits per heavy atom. The van der Waals surface area contributed by atoms with E-state index < -0.39 is 15.9 Å². The number of rotatable bonds is 15. The molecule has 3 fully saturated rings. The van der Waals surface area contributed by atoms with E-state index in [0.717, 1.165) is 62.3 Å². The van der Waals surface area contributed by atoms with E-state index in [9.17, 15) is 18.0 Å². The monoisotopic (exact) mass is 769 g/mol. The first kappa shape index (κ1) is 39.0. The van der Waals surface area contributed by atoms with Gasteiger partial charge in [0.05, 0.1) is 30.3 Å². The maximum absolute atomic E-state index is 14.1. The summed E-state index contributed by atoms with van der Waals surface area (Å²) in [4.78, 5) is 27.9. The van der Waals surface area contributed by atoms with Crippen LogP contribution < -0.4 is 15.4 Å². The third kappa shape index (κ3) is 10.3. The molecule has 3 aliphatic rings. The van der Waals surface area contributed by atoms with Crippen molar-refractivity contribution in [2.24, 2.45) is 11.8 Å². The van der Waals surface area contributed by atoms with Crippen LogP contribution in [-0.4, -0.2) is 61.4 Å². The van der Waals surface area contributed by atoms with Gasteiger partial charge in [0.15, 0.2) is 5.82 Å². The lowest BCUT2D eigenvalue weighted by Crippen LogP contribution is -2.48. The maximum Gasteiger partial charge on any atom is 0.269 e. The molecule has 2 amide bonds. The van der Waals surface area contributed by atoms with Gasteiger partial charge < -0.3 is 20.1 Å². The van der Waals surface area contributed by atoms with Gasteiger partial charge in [0, 0.05) is 30.0 Å². The standard InChI is InChI=1S/C43H55N5O6S/c49-42(44-36-22-10-8-19-34(36)30-53-28-31-14-3-1-4-15-31)27-48-38(43(50)45-37-23-11-12-24-39(37)54-29-32-16-5-2-6-17-32)26-41(46-48)47-55(51,52)40-25-13-20-33-18-7-9-21-35(33)40/h1,3-4,7,9,13-15,18,20-21,25-26,32,34,36-37,39H,2,5-6,8,10-12,16-17,19,22-24,27-30H2,(H,44,49)(H,45,50)(H,46,47)/t34-,36+,37+,39+/m1/s1. The highest BCUT2D eigenvalue weighted by molar-refractivity contribution is 7.93. The van der Waals surface area contributed by atoms with Crippen molar-refractivity contribution in [1.82, 2.24) is 20.4 Å². The van der Waals surface area contributed by atoms with E-state index in [2.05, 4.69) is 20.5 Å². The highest BCUT2D eigenvalue weighted by atomic mass is 32.2. The molecule has 0 spiro atoms. The van der Waals surface area contributed by atoms with Crippen LogP contribution in [-0.2, 0) is 37.4 Å². The minimum absolute atomic E-state index is 0.0375. The largest absolute Gasteiger partial charge is 0.376 e. The molecular weight excluding hydrogens is 715 g/mol. The number of carbonyl (C=O) groups excluding carboxylic acids is 2. The van der Waals surface area contributed by atoms with Gasteiger partial charge in [-0.25, -0.2) is 13.1 Å². The van der Waals surface area contributed by atoms with Gasteiger partial charge in [-0.05, 0) is 61.5 Å². The van der Waals surface area contributed by atoms with Crippen molar-refractivity contribution < 1.29 is 27.5 Å². The summed E-state index contributed by atoms with van der Waals surface area (Å²) in [6.45, 7) is 1.49. The fraction of sp³-hybridized carbons (Fsp3) is 0.512. The number of carbonyl (C=O) groups is 2. The number of hydrogen-bond donors (Lipinski definition) is 3. The van der Waals surface area contributed by atoms with Crippen LogP contribution in [0.4, 0.5) is 5.82 Å². The Labute approximate surface area is 325 Å². The molecule has 4 atom stereocenters. The van der Waals surface area contributed by atoms with E-state index >= 15 is 0 Å². The molecule has 0 saturated heterocycles. The SMILES string of the molecule is O=C(Cn1nc(NS(=O)(=O)c2cccc3ccccc23)cc1C(=O)N[C@H]1CCCC[C@@H]1OCC1CCCCC1)N[C@H]1CCCC[C@@H]1COCc1ccccc1. The Morgan fingerprint density at radius 2 is 1.45 bits per heavy atom. The first-order chi connectivity index (χ1) is 26.8. The number of aromatic nitrogens is 2. The molecule has 3 N–H and O–H groups in total. The van der Waals surface area contributed by atoms with Gasteiger partial charge in [-0.1, -0.05) is 112 Å². The van der Waals surface area contributed by atoms with Gasteiger partial charge in [0.25, 0.3) is 15.9 Å². The fourth-order valence-corrected chi connectivity index (χ4v) is 9.82. The molecule has 0 aliphatic heterocycles. The quantitative estimate of drug-likeness (QED) is 0.115. The molecule has 11 nitrogen and oxygen atoms in total. The summed E-state index contributed by atoms with van der Waals surface area (Å²) in [7, 11) is -4.10. The number of nitrogens with one attached hydrogen (secondary N) is 3. The van der Waals surface area contributed by atoms with E-state index in [1.165, 1.54) is 42.9 Å². The number of nitrogens with zero attached hydrogens (tertiary/aromatic N) is 2. The molecule has 55 heavy (non-hydrogen) atoms. The van der Waals surface area contributed by atoms with Gasteiger partial charge in [0.2, 0.25) is 5.91 Å². The van der Waals surface area contributed by atoms with Crippen molar-refractivity contribution in [2.45, 2.75) is 120 Å². The first-order valence-electron chi connectivity index (χ1n) is 20.2. The van der Waals surface area contributed by atoms with Gasteiger partial charge in [-0.15, -0.1) is 0 Å². The van der Waals surface area contributed by atoms with E-state index in [1.54, 1.807) is 24.3 Å². The second-order valence-electron chi connectivity index (χ2n) is 15.6. The van der Waals surface area contributed by atoms with Gasteiger partial charge in [0.1, 0.15) is 12.2 Å². The second-order valence-corrected chi connectivity index (χ2v) is 17.3. The van der Waals surface area contributed by atoms with Crippen LogP contribution in [0.5, 0.6) is 0 Å². The molecule has 7 rings (SSSR count). The number of sulfonamides is 1. The van der Waals surface area contributed by atoms with Crippen molar-refractivity contribution >= 4 is 38.4 Å². The lowest BCUT2D eigenvalue weighted by molar-refractivity contribution is -0.123. The molecule has 12 heteroatoms. The molecule has 1 heterocycles. The normalized spacial score (nSPS) is 22.3. The van der Waals surface area contributed by atoms with E-state index in [1.807, 2.05) is 48.5 Å². The Kier molecular flexibility index (Phi) is 13.2. The topological polar surface area (TPSA) is 141 Å². The highest BCUT2D eigenvalue weighted by Gasteiger charge is 2.32. The van der Waals surface area contributed by atoms with E-state index in [4.69, 9.17) is 9.47 Å². The zero-order chi connectivity index (χ0) is 38.0. The number of amides is 2. The van der Waals surface area contributed by atoms with Crippen LogP contribution in [0.3, 0.4) is 0 Å². The Balaban J connectivity index is 1.07. The number of benzene rings is 3. The average molecular weight is 770 g/mol. The number of hydrogen-bond acceptors (Lipinski definition) is 7. The van der Waals surface area contributed by atoms with E-state index in [0.29, 0.717) is 31.1 Å². The van der Waals surface area contributed by atoms with Crippen molar-refractivity contribution in [3.63, 3.8) is 0 Å². The van der Waals surface area contributed by atoms with Crippen LogP contribution in [0.25, 0.3) is 10.8 Å². The summed E-state index contributed by atoms with van der Waals surface area (Å²) >= 11 is 0. The van der Waals surface area contributed by atoms with Crippen molar-refractivity contribution in [2.75, 3.05) is 17.9 Å². The summed E-state index contributed by atoms with van der Waals surface area (Å²) in [5.41, 5.74) is 1.21. The summed E-state index contributed by atoms with van der Waals surface area (Å²) < 4.78 is 44.1. The summed E-state index contributed by atoms with van der Waals surface area (Å²) in [5, 5.41) is 12.3. The van der Waals surface area contributed by atoms with Crippen LogP contribution in [0.1, 0.15) is 99.5 Å². The van der Waals surface area contributed by atoms with Crippen LogP contribution >= 0.6 is 0 Å². The first-order valence-corrected chi connectivity index (χ1v) is 21.7. The summed E-state index contributed by atoms with van der Waals surface area (Å²) in [6, 6.07) is 23.5. The molecule has 0 unspecified atom stereocenters. The average Bonchev–Trinajstić information content (AvgIpc) is 3.59. The van der Waals surface area contributed by atoms with Crippen molar-refractivity contribution in [3.05, 3.63) is 90.1 Å². The third-order valence-electron chi connectivity index (χ3n) is 11.6. The Hall–Kier alpha value is -4.26. The Morgan fingerprint density at radius 3 is 2.29 bits per heavy atom. The molecule has 0 radical (unpaired) electrons. The number of anilines is 1. The fourth-order valence-electron chi connectivity index (χ4n) is 8.60. The predicted molar refractivity (Wildman–Crippen MR) is 213 cm³/mol.